The number of pyridine rings is 1. The first-order valence-electron chi connectivity index (χ1n) is 7.70. The molecule has 0 saturated carbocycles. The first-order chi connectivity index (χ1) is 12.6. The molecule has 1 N–H and O–H groups in total. The van der Waals surface area contributed by atoms with E-state index in [9.17, 15) is 15.4 Å². The lowest BCUT2D eigenvalue weighted by Gasteiger charge is -2.21. The number of rotatable bonds is 5. The van der Waals surface area contributed by atoms with Crippen molar-refractivity contribution >= 4 is 23.1 Å². The minimum Gasteiger partial charge on any atom is -0.358 e. The number of benzene rings is 2. The average molecular weight is 365 g/mol. The van der Waals surface area contributed by atoms with Crippen molar-refractivity contribution in [2.45, 2.75) is 6.04 Å². The Labute approximate surface area is 154 Å². The molecule has 0 amide bonds. The highest BCUT2D eigenvalue weighted by Gasteiger charge is 2.18. The third kappa shape index (κ3) is 3.79. The summed E-state index contributed by atoms with van der Waals surface area (Å²) in [5.41, 5.74) is 1.76. The van der Waals surface area contributed by atoms with Gasteiger partial charge in [-0.15, -0.1) is 0 Å². The van der Waals surface area contributed by atoms with E-state index in [-0.39, 0.29) is 23.1 Å². The molecule has 1 aromatic heterocycles. The first kappa shape index (κ1) is 17.4. The highest BCUT2D eigenvalue weighted by Crippen LogP contribution is 2.29. The third-order valence-corrected chi connectivity index (χ3v) is 4.07. The molecule has 3 rings (SSSR count). The van der Waals surface area contributed by atoms with Gasteiger partial charge in [-0.05, 0) is 23.3 Å². The molecule has 0 spiro atoms. The fourth-order valence-electron chi connectivity index (χ4n) is 2.55. The minimum atomic E-state index is -0.578. The van der Waals surface area contributed by atoms with E-state index in [0.29, 0.717) is 5.02 Å². The number of nitriles is 1. The number of hydrogen-bond donors (Lipinski definition) is 1. The molecule has 6 nitrogen and oxygen atoms in total. The van der Waals surface area contributed by atoms with E-state index in [1.165, 1.54) is 6.07 Å². The van der Waals surface area contributed by atoms with Gasteiger partial charge in [0, 0.05) is 11.1 Å². The Kier molecular flexibility index (Phi) is 5.11. The second-order valence-corrected chi connectivity index (χ2v) is 5.93. The zero-order valence-corrected chi connectivity index (χ0v) is 14.2. The summed E-state index contributed by atoms with van der Waals surface area (Å²) in [6.07, 6.45) is 1.13. The van der Waals surface area contributed by atoms with Crippen LogP contribution in [-0.2, 0) is 0 Å². The molecule has 1 atom stereocenters. The molecule has 0 aliphatic rings. The predicted octanol–water partition coefficient (Wildman–Crippen LogP) is 4.72. The number of halogens is 1. The van der Waals surface area contributed by atoms with Gasteiger partial charge in [0.25, 0.3) is 5.69 Å². The van der Waals surface area contributed by atoms with E-state index in [1.54, 1.807) is 12.1 Å². The summed E-state index contributed by atoms with van der Waals surface area (Å²) in [6.45, 7) is 0. The van der Waals surface area contributed by atoms with E-state index in [0.717, 1.165) is 17.3 Å². The van der Waals surface area contributed by atoms with Gasteiger partial charge in [0.1, 0.15) is 23.6 Å². The summed E-state index contributed by atoms with van der Waals surface area (Å²) >= 11 is 5.98. The third-order valence-electron chi connectivity index (χ3n) is 3.82. The molecular formula is C19H13ClN4O2. The topological polar surface area (TPSA) is 91.8 Å². The van der Waals surface area contributed by atoms with Crippen molar-refractivity contribution in [2.75, 3.05) is 5.32 Å². The molecule has 7 heteroatoms. The Morgan fingerprint density at radius 2 is 1.77 bits per heavy atom. The number of nitrogens with zero attached hydrogens (tertiary/aromatic N) is 3. The lowest BCUT2D eigenvalue weighted by molar-refractivity contribution is -0.385. The van der Waals surface area contributed by atoms with E-state index in [2.05, 4.69) is 10.3 Å². The van der Waals surface area contributed by atoms with E-state index in [1.807, 2.05) is 48.5 Å². The Bertz CT molecular complexity index is 969. The molecular weight excluding hydrogens is 352 g/mol. The highest BCUT2D eigenvalue weighted by atomic mass is 35.5. The monoisotopic (exact) mass is 364 g/mol. The van der Waals surface area contributed by atoms with Crippen molar-refractivity contribution < 1.29 is 4.92 Å². The molecule has 0 saturated heterocycles. The lowest BCUT2D eigenvalue weighted by Crippen LogP contribution is -2.14. The van der Waals surface area contributed by atoms with Crippen LogP contribution in [0.25, 0.3) is 0 Å². The molecule has 1 heterocycles. The maximum atomic E-state index is 10.9. The summed E-state index contributed by atoms with van der Waals surface area (Å²) in [5, 5.41) is 24.1. The molecule has 0 fully saturated rings. The van der Waals surface area contributed by atoms with Crippen LogP contribution in [0.4, 0.5) is 11.5 Å². The van der Waals surface area contributed by atoms with Crippen LogP contribution >= 0.6 is 11.6 Å². The molecule has 0 aliphatic heterocycles. The van der Waals surface area contributed by atoms with Crippen LogP contribution in [0.2, 0.25) is 5.02 Å². The summed E-state index contributed by atoms with van der Waals surface area (Å²) in [7, 11) is 0. The lowest BCUT2D eigenvalue weighted by atomic mass is 9.98. The molecule has 0 unspecified atom stereocenters. The van der Waals surface area contributed by atoms with Crippen LogP contribution in [0.15, 0.2) is 66.9 Å². The molecule has 2 aromatic carbocycles. The van der Waals surface area contributed by atoms with Crippen molar-refractivity contribution in [1.82, 2.24) is 4.98 Å². The number of nitro groups is 1. The maximum absolute atomic E-state index is 10.9. The minimum absolute atomic E-state index is 0.106. The second-order valence-electron chi connectivity index (χ2n) is 5.50. The quantitative estimate of drug-likeness (QED) is 0.522. The van der Waals surface area contributed by atoms with Gasteiger partial charge in [0.2, 0.25) is 0 Å². The average Bonchev–Trinajstić information content (AvgIpc) is 2.67. The Hall–Kier alpha value is -3.43. The summed E-state index contributed by atoms with van der Waals surface area (Å²) in [4.78, 5) is 14.4. The number of aromatic nitrogens is 1. The van der Waals surface area contributed by atoms with Crippen molar-refractivity contribution in [1.29, 1.82) is 5.26 Å². The van der Waals surface area contributed by atoms with Crippen molar-refractivity contribution in [3.8, 4) is 6.07 Å². The van der Waals surface area contributed by atoms with Gasteiger partial charge in [-0.2, -0.15) is 5.26 Å². The van der Waals surface area contributed by atoms with E-state index in [4.69, 9.17) is 11.6 Å². The Balaban J connectivity index is 2.03. The Morgan fingerprint density at radius 3 is 2.38 bits per heavy atom. The number of hydrogen-bond acceptors (Lipinski definition) is 5. The van der Waals surface area contributed by atoms with Gasteiger partial charge in [-0.3, -0.25) is 10.1 Å². The number of anilines is 1. The normalized spacial score (nSPS) is 11.4. The molecule has 0 radical (unpaired) electrons. The van der Waals surface area contributed by atoms with Crippen LogP contribution in [0.1, 0.15) is 22.7 Å². The van der Waals surface area contributed by atoms with E-state index >= 15 is 0 Å². The zero-order valence-electron chi connectivity index (χ0n) is 13.5. The SMILES string of the molecule is N#Cc1cc([N+](=O)[O-])cnc1N[C@@H](c1ccccc1)c1ccc(Cl)cc1. The van der Waals surface area contributed by atoms with Crippen LogP contribution in [0.5, 0.6) is 0 Å². The van der Waals surface area contributed by atoms with Gasteiger partial charge in [0.05, 0.1) is 11.0 Å². The molecule has 0 aliphatic carbocycles. The summed E-state index contributed by atoms with van der Waals surface area (Å²) < 4.78 is 0. The van der Waals surface area contributed by atoms with Gasteiger partial charge >= 0.3 is 0 Å². The van der Waals surface area contributed by atoms with Gasteiger partial charge < -0.3 is 5.32 Å². The smallest absolute Gasteiger partial charge is 0.289 e. The Morgan fingerprint density at radius 1 is 1.12 bits per heavy atom. The molecule has 26 heavy (non-hydrogen) atoms. The maximum Gasteiger partial charge on any atom is 0.289 e. The summed E-state index contributed by atoms with van der Waals surface area (Å²) in [6, 6.07) is 19.8. The van der Waals surface area contributed by atoms with Crippen LogP contribution in [0.3, 0.4) is 0 Å². The van der Waals surface area contributed by atoms with Crippen LogP contribution in [-0.4, -0.2) is 9.91 Å². The van der Waals surface area contributed by atoms with Crippen LogP contribution < -0.4 is 5.32 Å². The first-order valence-corrected chi connectivity index (χ1v) is 8.08. The number of nitrogens with one attached hydrogen (secondary N) is 1. The standard InChI is InChI=1S/C19H13ClN4O2/c20-16-8-6-14(7-9-16)18(13-4-2-1-3-5-13)23-19-15(11-21)10-17(12-22-19)24(25)26/h1-10,12,18H,(H,22,23)/t18-/m0/s1. The highest BCUT2D eigenvalue weighted by molar-refractivity contribution is 6.30. The summed E-state index contributed by atoms with van der Waals surface area (Å²) in [5.74, 6) is 0.280. The molecule has 0 bridgehead atoms. The van der Waals surface area contributed by atoms with Crippen molar-refractivity contribution in [2.24, 2.45) is 0 Å². The van der Waals surface area contributed by atoms with Gasteiger partial charge in [-0.1, -0.05) is 54.1 Å². The van der Waals surface area contributed by atoms with E-state index < -0.39 is 4.92 Å². The second kappa shape index (κ2) is 7.64. The largest absolute Gasteiger partial charge is 0.358 e. The van der Waals surface area contributed by atoms with Gasteiger partial charge in [-0.25, -0.2) is 4.98 Å². The molecule has 3 aromatic rings. The van der Waals surface area contributed by atoms with Crippen LogP contribution in [0, 0.1) is 21.4 Å². The van der Waals surface area contributed by atoms with Crippen molar-refractivity contribution in [3.05, 3.63) is 98.7 Å². The van der Waals surface area contributed by atoms with Crippen molar-refractivity contribution in [3.63, 3.8) is 0 Å². The fraction of sp³-hybridized carbons (Fsp3) is 0.0526. The fourth-order valence-corrected chi connectivity index (χ4v) is 2.68. The molecule has 128 valence electrons. The zero-order chi connectivity index (χ0) is 18.5. The predicted molar refractivity (Wildman–Crippen MR) is 99.0 cm³/mol. The van der Waals surface area contributed by atoms with Gasteiger partial charge in [0.15, 0.2) is 0 Å².